The van der Waals surface area contributed by atoms with Gasteiger partial charge in [0, 0.05) is 17.2 Å². The van der Waals surface area contributed by atoms with E-state index in [1.807, 2.05) is 6.92 Å². The summed E-state index contributed by atoms with van der Waals surface area (Å²) in [6.45, 7) is 5.70. The van der Waals surface area contributed by atoms with E-state index >= 15 is 0 Å². The molecule has 2 aromatic rings. The molecule has 0 spiro atoms. The number of methoxy groups -OCH3 is 1. The Balaban J connectivity index is 2.02. The topological polar surface area (TPSA) is 123 Å². The normalized spacial score (nSPS) is 11.1. The van der Waals surface area contributed by atoms with Gasteiger partial charge >= 0.3 is 0 Å². The van der Waals surface area contributed by atoms with Gasteiger partial charge in [-0.3, -0.25) is 20.4 Å². The van der Waals surface area contributed by atoms with E-state index in [2.05, 4.69) is 15.6 Å². The molecule has 0 saturated heterocycles. The largest absolute Gasteiger partial charge is 0.493 e. The highest BCUT2D eigenvalue weighted by atomic mass is 32.2. The van der Waals surface area contributed by atoms with E-state index in [-0.39, 0.29) is 22.1 Å². The van der Waals surface area contributed by atoms with Crippen LogP contribution in [0.2, 0.25) is 0 Å². The summed E-state index contributed by atoms with van der Waals surface area (Å²) in [5.41, 5.74) is 5.04. The summed E-state index contributed by atoms with van der Waals surface area (Å²) >= 11 is 0. The van der Waals surface area contributed by atoms with Crippen molar-refractivity contribution < 1.29 is 27.5 Å². The van der Waals surface area contributed by atoms with Gasteiger partial charge < -0.3 is 9.47 Å². The molecule has 0 aliphatic rings. The van der Waals surface area contributed by atoms with Gasteiger partial charge in [0.05, 0.1) is 18.6 Å². The van der Waals surface area contributed by atoms with Crippen LogP contribution in [0.25, 0.3) is 0 Å². The number of hydrogen-bond donors (Lipinski definition) is 3. The molecule has 0 atom stereocenters. The fourth-order valence-electron chi connectivity index (χ4n) is 2.51. The first kappa shape index (κ1) is 23.2. The number of nitrogens with one attached hydrogen (secondary N) is 3. The van der Waals surface area contributed by atoms with Crippen LogP contribution in [-0.4, -0.2) is 40.0 Å². The first-order valence-corrected chi connectivity index (χ1v) is 10.7. The lowest BCUT2D eigenvalue weighted by molar-refractivity contribution is 0.0846. The molecule has 0 heterocycles. The predicted octanol–water partition coefficient (Wildman–Crippen LogP) is 1.86. The van der Waals surface area contributed by atoms with Gasteiger partial charge in [0.25, 0.3) is 11.8 Å². The highest BCUT2D eigenvalue weighted by molar-refractivity contribution is 7.89. The summed E-state index contributed by atoms with van der Waals surface area (Å²) in [4.78, 5) is 24.6. The minimum absolute atomic E-state index is 0.0401. The maximum Gasteiger partial charge on any atom is 0.269 e. The number of hydrogen-bond acceptors (Lipinski definition) is 6. The third-order valence-electron chi connectivity index (χ3n) is 3.83. The Labute approximate surface area is 175 Å². The third-order valence-corrected chi connectivity index (χ3v) is 5.51. The monoisotopic (exact) mass is 435 g/mol. The summed E-state index contributed by atoms with van der Waals surface area (Å²) in [6, 6.07) is 9.73. The summed E-state index contributed by atoms with van der Waals surface area (Å²) in [7, 11) is -2.19. The number of carbonyl (C=O) groups excluding carboxylic acids is 2. The molecule has 0 fully saturated rings. The van der Waals surface area contributed by atoms with Crippen LogP contribution in [0.4, 0.5) is 0 Å². The number of ether oxygens (including phenoxy) is 2. The zero-order valence-corrected chi connectivity index (χ0v) is 18.0. The van der Waals surface area contributed by atoms with Crippen molar-refractivity contribution in [3.63, 3.8) is 0 Å². The number of amides is 2. The zero-order valence-electron chi connectivity index (χ0n) is 17.2. The molecule has 9 nitrogen and oxygen atoms in total. The molecule has 2 amide bonds. The van der Waals surface area contributed by atoms with Crippen LogP contribution in [0.5, 0.6) is 11.5 Å². The minimum atomic E-state index is -3.65. The Kier molecular flexibility index (Phi) is 7.79. The molecule has 0 aliphatic carbocycles. The summed E-state index contributed by atoms with van der Waals surface area (Å²) in [6.07, 6.45) is 0. The molecule has 2 rings (SSSR count). The fraction of sp³-hybridized carbons (Fsp3) is 0.300. The highest BCUT2D eigenvalue weighted by Gasteiger charge is 2.17. The lowest BCUT2D eigenvalue weighted by atomic mass is 10.2. The van der Waals surface area contributed by atoms with Crippen molar-refractivity contribution >= 4 is 21.8 Å². The average molecular weight is 436 g/mol. The molecule has 0 unspecified atom stereocenters. The second-order valence-corrected chi connectivity index (χ2v) is 8.22. The van der Waals surface area contributed by atoms with Gasteiger partial charge in [0.1, 0.15) is 0 Å². The van der Waals surface area contributed by atoms with Gasteiger partial charge in [-0.25, -0.2) is 13.1 Å². The average Bonchev–Trinajstić information content (AvgIpc) is 2.71. The Bertz CT molecular complexity index is 1000. The molecule has 30 heavy (non-hydrogen) atoms. The highest BCUT2D eigenvalue weighted by Crippen LogP contribution is 2.27. The number of benzene rings is 2. The third kappa shape index (κ3) is 5.94. The summed E-state index contributed by atoms with van der Waals surface area (Å²) in [5.74, 6) is -0.253. The van der Waals surface area contributed by atoms with Crippen molar-refractivity contribution in [2.75, 3.05) is 13.7 Å². The van der Waals surface area contributed by atoms with E-state index in [1.54, 1.807) is 19.9 Å². The molecule has 162 valence electrons. The van der Waals surface area contributed by atoms with Gasteiger partial charge in [-0.2, -0.15) is 0 Å². The van der Waals surface area contributed by atoms with E-state index in [0.29, 0.717) is 18.1 Å². The van der Waals surface area contributed by atoms with Crippen LogP contribution < -0.4 is 25.0 Å². The molecule has 0 aliphatic heterocycles. The van der Waals surface area contributed by atoms with Crippen LogP contribution in [0.3, 0.4) is 0 Å². The molecule has 0 bridgehead atoms. The first-order valence-electron chi connectivity index (χ1n) is 9.21. The minimum Gasteiger partial charge on any atom is -0.493 e. The van der Waals surface area contributed by atoms with E-state index in [9.17, 15) is 18.0 Å². The summed E-state index contributed by atoms with van der Waals surface area (Å²) in [5, 5.41) is 0. The van der Waals surface area contributed by atoms with Gasteiger partial charge in [-0.15, -0.1) is 0 Å². The van der Waals surface area contributed by atoms with Crippen LogP contribution in [0.15, 0.2) is 47.4 Å². The van der Waals surface area contributed by atoms with E-state index in [0.717, 1.165) is 0 Å². The van der Waals surface area contributed by atoms with E-state index < -0.39 is 21.8 Å². The van der Waals surface area contributed by atoms with Crippen LogP contribution >= 0.6 is 0 Å². The van der Waals surface area contributed by atoms with Crippen molar-refractivity contribution in [2.45, 2.75) is 31.7 Å². The fourth-order valence-corrected chi connectivity index (χ4v) is 3.76. The SMILES string of the molecule is CCOc1ccc(C(=O)NNC(=O)c2ccc(S(=O)(=O)NC(C)C)cc2)cc1OC. The van der Waals surface area contributed by atoms with Crippen LogP contribution in [0, 0.1) is 0 Å². The quantitative estimate of drug-likeness (QED) is 0.544. The number of hydrazine groups is 1. The number of sulfonamides is 1. The Morgan fingerprint density at radius 1 is 0.933 bits per heavy atom. The molecule has 0 aromatic heterocycles. The lowest BCUT2D eigenvalue weighted by Gasteiger charge is -2.12. The van der Waals surface area contributed by atoms with Crippen LogP contribution in [-0.2, 0) is 10.0 Å². The number of carbonyl (C=O) groups is 2. The van der Waals surface area contributed by atoms with Crippen molar-refractivity contribution in [1.82, 2.24) is 15.6 Å². The molecule has 3 N–H and O–H groups in total. The van der Waals surface area contributed by atoms with Crippen molar-refractivity contribution in [3.8, 4) is 11.5 Å². The number of rotatable bonds is 8. The van der Waals surface area contributed by atoms with E-state index in [4.69, 9.17) is 9.47 Å². The molecule has 10 heteroatoms. The van der Waals surface area contributed by atoms with Crippen LogP contribution in [0.1, 0.15) is 41.5 Å². The molecular formula is C20H25N3O6S. The lowest BCUT2D eigenvalue weighted by Crippen LogP contribution is -2.41. The Morgan fingerprint density at radius 2 is 1.50 bits per heavy atom. The predicted molar refractivity (Wildman–Crippen MR) is 111 cm³/mol. The van der Waals surface area contributed by atoms with Gasteiger partial charge in [0.15, 0.2) is 11.5 Å². The maximum atomic E-state index is 12.3. The van der Waals surface area contributed by atoms with Gasteiger partial charge in [0.2, 0.25) is 10.0 Å². The maximum absolute atomic E-state index is 12.3. The van der Waals surface area contributed by atoms with Crippen molar-refractivity contribution in [2.24, 2.45) is 0 Å². The smallest absolute Gasteiger partial charge is 0.269 e. The summed E-state index contributed by atoms with van der Waals surface area (Å²) < 4.78 is 37.3. The second kappa shape index (κ2) is 10.1. The van der Waals surface area contributed by atoms with E-state index in [1.165, 1.54) is 43.5 Å². The van der Waals surface area contributed by atoms with Gasteiger partial charge in [-0.1, -0.05) is 0 Å². The standard InChI is InChI=1S/C20H25N3O6S/c1-5-29-17-11-8-15(12-18(17)28-4)20(25)22-21-19(24)14-6-9-16(10-7-14)30(26,27)23-13(2)3/h6-13,23H,5H2,1-4H3,(H,21,24)(H,22,25). The zero-order chi connectivity index (χ0) is 22.3. The Hall–Kier alpha value is -3.11. The van der Waals surface area contributed by atoms with Crippen molar-refractivity contribution in [3.05, 3.63) is 53.6 Å². The van der Waals surface area contributed by atoms with Gasteiger partial charge in [-0.05, 0) is 63.2 Å². The van der Waals surface area contributed by atoms with Crippen molar-refractivity contribution in [1.29, 1.82) is 0 Å². The molecule has 0 radical (unpaired) electrons. The Morgan fingerprint density at radius 3 is 2.03 bits per heavy atom. The molecule has 0 saturated carbocycles. The first-order chi connectivity index (χ1) is 14.2. The second-order valence-electron chi connectivity index (χ2n) is 6.51. The molecule has 2 aromatic carbocycles. The molecular weight excluding hydrogens is 410 g/mol.